The first-order chi connectivity index (χ1) is 7.19. The monoisotopic (exact) mass is 210 g/mol. The Morgan fingerprint density at radius 3 is 3.07 bits per heavy atom. The normalized spacial score (nSPS) is 24.2. The molecule has 1 heterocycles. The van der Waals surface area contributed by atoms with Crippen LogP contribution in [0.4, 0.5) is 0 Å². The van der Waals surface area contributed by atoms with Gasteiger partial charge in [-0.25, -0.2) is 0 Å². The first kappa shape index (κ1) is 12.0. The van der Waals surface area contributed by atoms with Crippen molar-refractivity contribution in [2.75, 3.05) is 19.7 Å². The Bertz CT molecular complexity index is 260. The van der Waals surface area contributed by atoms with Crippen LogP contribution in [-0.2, 0) is 9.53 Å². The molecule has 1 aliphatic rings. The summed E-state index contributed by atoms with van der Waals surface area (Å²) in [6, 6.07) is 2.09. The molecule has 0 bridgehead atoms. The number of hydrogen-bond acceptors (Lipinski definition) is 4. The van der Waals surface area contributed by atoms with Gasteiger partial charge in [0.25, 0.3) is 0 Å². The summed E-state index contributed by atoms with van der Waals surface area (Å²) in [5.74, 6) is -0.165. The van der Waals surface area contributed by atoms with Crippen LogP contribution in [0.3, 0.4) is 0 Å². The third kappa shape index (κ3) is 3.21. The van der Waals surface area contributed by atoms with E-state index in [2.05, 4.69) is 6.07 Å². The number of rotatable bonds is 3. The average molecular weight is 210 g/mol. The molecule has 4 heteroatoms. The molecular formula is C11H18N2O2. The summed E-state index contributed by atoms with van der Waals surface area (Å²) in [4.78, 5) is 13.6. The van der Waals surface area contributed by atoms with E-state index in [9.17, 15) is 4.79 Å². The Morgan fingerprint density at radius 2 is 2.47 bits per heavy atom. The fraction of sp³-hybridized carbons (Fsp3) is 0.818. The molecule has 1 fully saturated rings. The minimum Gasteiger partial charge on any atom is -0.466 e. The van der Waals surface area contributed by atoms with Crippen LogP contribution >= 0.6 is 0 Å². The molecule has 0 N–H and O–H groups in total. The zero-order valence-electron chi connectivity index (χ0n) is 9.40. The molecular weight excluding hydrogens is 192 g/mol. The zero-order chi connectivity index (χ0) is 11.3. The van der Waals surface area contributed by atoms with E-state index in [1.807, 2.05) is 18.7 Å². The lowest BCUT2D eigenvalue weighted by molar-refractivity contribution is -0.150. The topological polar surface area (TPSA) is 53.3 Å². The largest absolute Gasteiger partial charge is 0.466 e. The van der Waals surface area contributed by atoms with Crippen LogP contribution in [0.25, 0.3) is 0 Å². The maximum absolute atomic E-state index is 11.5. The van der Waals surface area contributed by atoms with Crippen LogP contribution in [0.15, 0.2) is 0 Å². The minimum atomic E-state index is -0.118. The van der Waals surface area contributed by atoms with Gasteiger partial charge in [-0.2, -0.15) is 5.26 Å². The smallest absolute Gasteiger partial charge is 0.310 e. The van der Waals surface area contributed by atoms with Gasteiger partial charge in [-0.1, -0.05) is 0 Å². The number of likely N-dealkylation sites (tertiary alicyclic amines) is 1. The maximum atomic E-state index is 11.5. The van der Waals surface area contributed by atoms with E-state index in [1.54, 1.807) is 0 Å². The van der Waals surface area contributed by atoms with Crippen LogP contribution in [0.5, 0.6) is 0 Å². The highest BCUT2D eigenvalue weighted by Gasteiger charge is 2.28. The average Bonchev–Trinajstić information content (AvgIpc) is 2.28. The molecule has 0 spiro atoms. The number of nitriles is 1. The van der Waals surface area contributed by atoms with Gasteiger partial charge >= 0.3 is 5.97 Å². The van der Waals surface area contributed by atoms with Crippen molar-refractivity contribution >= 4 is 5.97 Å². The third-order valence-electron chi connectivity index (χ3n) is 2.81. The fourth-order valence-electron chi connectivity index (χ4n) is 1.89. The van der Waals surface area contributed by atoms with Crippen molar-refractivity contribution in [2.24, 2.45) is 5.92 Å². The molecule has 4 nitrogen and oxygen atoms in total. The van der Waals surface area contributed by atoms with Gasteiger partial charge in [0.1, 0.15) is 0 Å². The molecule has 2 atom stereocenters. The Balaban J connectivity index is 2.49. The zero-order valence-corrected chi connectivity index (χ0v) is 9.40. The molecule has 0 radical (unpaired) electrons. The Morgan fingerprint density at radius 1 is 1.73 bits per heavy atom. The molecule has 0 aliphatic carbocycles. The number of nitrogens with zero attached hydrogens (tertiary/aromatic N) is 2. The van der Waals surface area contributed by atoms with Crippen molar-refractivity contribution in [3.8, 4) is 6.07 Å². The molecule has 84 valence electrons. The van der Waals surface area contributed by atoms with Crippen molar-refractivity contribution in [3.63, 3.8) is 0 Å². The summed E-state index contributed by atoms with van der Waals surface area (Å²) in [6.07, 6.45) is 1.85. The van der Waals surface area contributed by atoms with E-state index >= 15 is 0 Å². The van der Waals surface area contributed by atoms with Gasteiger partial charge < -0.3 is 4.74 Å². The van der Waals surface area contributed by atoms with Gasteiger partial charge in [-0.05, 0) is 33.2 Å². The van der Waals surface area contributed by atoms with Crippen LogP contribution in [0.1, 0.15) is 26.7 Å². The van der Waals surface area contributed by atoms with Gasteiger partial charge in [0.15, 0.2) is 0 Å². The van der Waals surface area contributed by atoms with Crippen LogP contribution in [0, 0.1) is 17.2 Å². The first-order valence-electron chi connectivity index (χ1n) is 5.49. The predicted octanol–water partition coefficient (Wildman–Crippen LogP) is 1.17. The Hall–Kier alpha value is -1.08. The molecule has 1 saturated heterocycles. The lowest BCUT2D eigenvalue weighted by Crippen LogP contribution is -2.43. The molecule has 0 aromatic heterocycles. The molecule has 1 unspecified atom stereocenters. The second-order valence-electron chi connectivity index (χ2n) is 3.89. The fourth-order valence-corrected chi connectivity index (χ4v) is 1.89. The standard InChI is InChI=1S/C11H18N2O2/c1-3-15-11(14)10-5-4-6-13(8-10)9(2)7-12/h9-10H,3-6,8H2,1-2H3/t9?,10-/m0/s1. The Kier molecular flexibility index (Phi) is 4.57. The number of piperidine rings is 1. The maximum Gasteiger partial charge on any atom is 0.310 e. The van der Waals surface area contributed by atoms with Crippen molar-refractivity contribution in [1.82, 2.24) is 4.90 Å². The lowest BCUT2D eigenvalue weighted by Gasteiger charge is -2.32. The summed E-state index contributed by atoms with van der Waals surface area (Å²) in [7, 11) is 0. The minimum absolute atomic E-state index is 0.0468. The van der Waals surface area contributed by atoms with E-state index < -0.39 is 0 Å². The summed E-state index contributed by atoms with van der Waals surface area (Å²) in [6.45, 7) is 5.69. The quantitative estimate of drug-likeness (QED) is 0.656. The third-order valence-corrected chi connectivity index (χ3v) is 2.81. The van der Waals surface area contributed by atoms with Crippen molar-refractivity contribution in [1.29, 1.82) is 5.26 Å². The van der Waals surface area contributed by atoms with Crippen molar-refractivity contribution < 1.29 is 9.53 Å². The van der Waals surface area contributed by atoms with Gasteiger partial charge in [-0.15, -0.1) is 0 Å². The van der Waals surface area contributed by atoms with Crippen molar-refractivity contribution in [3.05, 3.63) is 0 Å². The van der Waals surface area contributed by atoms with E-state index in [-0.39, 0.29) is 17.9 Å². The van der Waals surface area contributed by atoms with Crippen LogP contribution in [0.2, 0.25) is 0 Å². The van der Waals surface area contributed by atoms with Crippen LogP contribution in [-0.4, -0.2) is 36.6 Å². The van der Waals surface area contributed by atoms with E-state index in [0.29, 0.717) is 13.2 Å². The van der Waals surface area contributed by atoms with Crippen molar-refractivity contribution in [2.45, 2.75) is 32.7 Å². The number of esters is 1. The molecule has 1 rings (SSSR count). The first-order valence-corrected chi connectivity index (χ1v) is 5.49. The van der Waals surface area contributed by atoms with Gasteiger partial charge in [0, 0.05) is 6.54 Å². The molecule has 0 aromatic carbocycles. The summed E-state index contributed by atoms with van der Waals surface area (Å²) in [5, 5.41) is 8.81. The molecule has 1 aliphatic heterocycles. The Labute approximate surface area is 90.8 Å². The number of carbonyl (C=O) groups is 1. The van der Waals surface area contributed by atoms with E-state index in [1.165, 1.54) is 0 Å². The molecule has 0 aromatic rings. The molecule has 0 saturated carbocycles. The lowest BCUT2D eigenvalue weighted by atomic mass is 9.97. The van der Waals surface area contributed by atoms with E-state index in [4.69, 9.17) is 10.00 Å². The summed E-state index contributed by atoms with van der Waals surface area (Å²) >= 11 is 0. The summed E-state index contributed by atoms with van der Waals surface area (Å²) in [5.41, 5.74) is 0. The van der Waals surface area contributed by atoms with Gasteiger partial charge in [0.05, 0.1) is 24.6 Å². The highest BCUT2D eigenvalue weighted by Crippen LogP contribution is 2.19. The summed E-state index contributed by atoms with van der Waals surface area (Å²) < 4.78 is 4.99. The van der Waals surface area contributed by atoms with Crippen LogP contribution < -0.4 is 0 Å². The second kappa shape index (κ2) is 5.72. The number of carbonyl (C=O) groups excluding carboxylic acids is 1. The van der Waals surface area contributed by atoms with Gasteiger partial charge in [0.2, 0.25) is 0 Å². The highest BCUT2D eigenvalue weighted by molar-refractivity contribution is 5.72. The number of hydrogen-bond donors (Lipinski definition) is 0. The van der Waals surface area contributed by atoms with E-state index in [0.717, 1.165) is 19.4 Å². The number of ether oxygens (including phenoxy) is 1. The highest BCUT2D eigenvalue weighted by atomic mass is 16.5. The van der Waals surface area contributed by atoms with Gasteiger partial charge in [-0.3, -0.25) is 9.69 Å². The molecule has 0 amide bonds. The predicted molar refractivity (Wildman–Crippen MR) is 56.0 cm³/mol. The SMILES string of the molecule is CCOC(=O)[C@H]1CCCN(C(C)C#N)C1. The molecule has 15 heavy (non-hydrogen) atoms. The second-order valence-corrected chi connectivity index (χ2v) is 3.89.